The monoisotopic (exact) mass is 362 g/mol. The summed E-state index contributed by atoms with van der Waals surface area (Å²) in [5.74, 6) is -0.525. The van der Waals surface area contributed by atoms with Crippen molar-refractivity contribution in [3.63, 3.8) is 0 Å². The summed E-state index contributed by atoms with van der Waals surface area (Å²) in [6.07, 6.45) is 5.47. The molecule has 1 unspecified atom stereocenters. The second-order valence-corrected chi connectivity index (χ2v) is 6.20. The van der Waals surface area contributed by atoms with E-state index in [1.165, 1.54) is 0 Å². The van der Waals surface area contributed by atoms with Gasteiger partial charge in [-0.05, 0) is 17.7 Å². The summed E-state index contributed by atoms with van der Waals surface area (Å²) >= 11 is 0. The van der Waals surface area contributed by atoms with Gasteiger partial charge in [-0.1, -0.05) is 30.3 Å². The molecule has 0 aliphatic carbocycles. The van der Waals surface area contributed by atoms with Gasteiger partial charge in [0.15, 0.2) is 0 Å². The molecular weight excluding hydrogens is 344 g/mol. The number of aromatic nitrogens is 5. The number of carbonyl (C=O) groups is 1. The zero-order chi connectivity index (χ0) is 18.8. The molecule has 4 aromatic rings. The Bertz CT molecular complexity index is 1090. The predicted octanol–water partition coefficient (Wildman–Crippen LogP) is 2.12. The van der Waals surface area contributed by atoms with Crippen molar-refractivity contribution in [1.82, 2.24) is 30.0 Å². The predicted molar refractivity (Wildman–Crippen MR) is 98.8 cm³/mol. The van der Waals surface area contributed by atoms with Gasteiger partial charge in [0.2, 0.25) is 0 Å². The average molecular weight is 362 g/mol. The average Bonchev–Trinajstić information content (AvgIpc) is 3.32. The summed E-state index contributed by atoms with van der Waals surface area (Å²) in [6, 6.07) is 12.6. The minimum absolute atomic E-state index is 0.396. The first-order valence-corrected chi connectivity index (χ1v) is 8.47. The Morgan fingerprint density at radius 2 is 1.96 bits per heavy atom. The molecule has 0 aliphatic rings. The van der Waals surface area contributed by atoms with Crippen molar-refractivity contribution in [2.45, 2.75) is 12.5 Å². The van der Waals surface area contributed by atoms with Crippen molar-refractivity contribution in [3.8, 4) is 11.4 Å². The second-order valence-electron chi connectivity index (χ2n) is 6.20. The van der Waals surface area contributed by atoms with Crippen LogP contribution in [0.4, 0.5) is 0 Å². The van der Waals surface area contributed by atoms with Gasteiger partial charge in [0, 0.05) is 31.2 Å². The molecule has 1 aromatic carbocycles. The van der Waals surface area contributed by atoms with Gasteiger partial charge in [0.1, 0.15) is 6.04 Å². The van der Waals surface area contributed by atoms with Crippen LogP contribution in [-0.4, -0.2) is 35.7 Å². The number of rotatable bonds is 5. The lowest BCUT2D eigenvalue weighted by Gasteiger charge is -2.17. The van der Waals surface area contributed by atoms with Crippen LogP contribution >= 0.6 is 0 Å². The third-order valence-electron chi connectivity index (χ3n) is 4.57. The molecule has 2 N–H and O–H groups in total. The highest BCUT2D eigenvalue weighted by Gasteiger charge is 2.24. The summed E-state index contributed by atoms with van der Waals surface area (Å²) in [5, 5.41) is 18.7. The largest absolute Gasteiger partial charge is 0.289 e. The summed E-state index contributed by atoms with van der Waals surface area (Å²) in [5.41, 5.74) is 5.07. The van der Waals surface area contributed by atoms with Crippen LogP contribution < -0.4 is 5.48 Å². The Morgan fingerprint density at radius 3 is 2.67 bits per heavy atom. The van der Waals surface area contributed by atoms with Crippen LogP contribution in [0.15, 0.2) is 61.1 Å². The fraction of sp³-hybridized carbons (Fsp3) is 0.158. The molecule has 8 heteroatoms. The molecule has 1 atom stereocenters. The standard InChI is InChI=1S/C19H18N6O2/c1-24-16(8-10-21-24)18-14-12-22-25(15(14)7-9-20-18)17(19(26)23-27)11-13-5-3-2-4-6-13/h2-10,12,17,27H,11H2,1H3,(H,23,26). The molecular formula is C19H18N6O2. The van der Waals surface area contributed by atoms with E-state index in [0.717, 1.165) is 27.9 Å². The lowest BCUT2D eigenvalue weighted by Crippen LogP contribution is -2.32. The van der Waals surface area contributed by atoms with Crippen molar-refractivity contribution in [2.24, 2.45) is 7.05 Å². The fourth-order valence-corrected chi connectivity index (χ4v) is 3.23. The lowest BCUT2D eigenvalue weighted by atomic mass is 10.1. The number of hydrogen-bond acceptors (Lipinski definition) is 5. The Morgan fingerprint density at radius 1 is 1.15 bits per heavy atom. The van der Waals surface area contributed by atoms with E-state index in [1.807, 2.05) is 49.5 Å². The summed E-state index contributed by atoms with van der Waals surface area (Å²) in [4.78, 5) is 16.8. The van der Waals surface area contributed by atoms with Gasteiger partial charge in [0.05, 0.1) is 23.1 Å². The number of pyridine rings is 1. The summed E-state index contributed by atoms with van der Waals surface area (Å²) < 4.78 is 3.36. The van der Waals surface area contributed by atoms with Gasteiger partial charge >= 0.3 is 0 Å². The molecule has 8 nitrogen and oxygen atoms in total. The highest BCUT2D eigenvalue weighted by molar-refractivity contribution is 5.92. The van der Waals surface area contributed by atoms with E-state index in [0.29, 0.717) is 6.42 Å². The van der Waals surface area contributed by atoms with Crippen LogP contribution in [0.25, 0.3) is 22.3 Å². The SMILES string of the molecule is Cn1nccc1-c1nccc2c1cnn2C(Cc1ccccc1)C(=O)NO. The Balaban J connectivity index is 1.82. The molecule has 3 aromatic heterocycles. The molecule has 0 saturated heterocycles. The molecule has 4 rings (SSSR count). The maximum Gasteiger partial charge on any atom is 0.268 e. The maximum atomic E-state index is 12.4. The van der Waals surface area contributed by atoms with Crippen LogP contribution in [0.3, 0.4) is 0 Å². The van der Waals surface area contributed by atoms with Gasteiger partial charge in [-0.15, -0.1) is 0 Å². The van der Waals surface area contributed by atoms with Gasteiger partial charge in [-0.2, -0.15) is 10.2 Å². The Hall–Kier alpha value is -3.52. The Kier molecular flexibility index (Phi) is 4.39. The highest BCUT2D eigenvalue weighted by Crippen LogP contribution is 2.28. The van der Waals surface area contributed by atoms with Crippen molar-refractivity contribution >= 4 is 16.8 Å². The molecule has 0 saturated carbocycles. The first-order valence-electron chi connectivity index (χ1n) is 8.47. The van der Waals surface area contributed by atoms with E-state index < -0.39 is 11.9 Å². The third kappa shape index (κ3) is 3.06. The minimum atomic E-state index is -0.698. The zero-order valence-corrected chi connectivity index (χ0v) is 14.6. The molecule has 27 heavy (non-hydrogen) atoms. The number of hydrogen-bond donors (Lipinski definition) is 2. The molecule has 0 radical (unpaired) electrons. The zero-order valence-electron chi connectivity index (χ0n) is 14.6. The Labute approximate surface area is 155 Å². The van der Waals surface area contributed by atoms with E-state index in [-0.39, 0.29) is 0 Å². The molecule has 0 fully saturated rings. The van der Waals surface area contributed by atoms with Gasteiger partial charge < -0.3 is 0 Å². The molecule has 0 spiro atoms. The first-order chi connectivity index (χ1) is 13.2. The van der Waals surface area contributed by atoms with Crippen LogP contribution in [-0.2, 0) is 18.3 Å². The van der Waals surface area contributed by atoms with Crippen LogP contribution in [0, 0.1) is 0 Å². The number of aryl methyl sites for hydroxylation is 1. The van der Waals surface area contributed by atoms with E-state index in [1.54, 1.807) is 33.4 Å². The fourth-order valence-electron chi connectivity index (χ4n) is 3.23. The summed E-state index contributed by atoms with van der Waals surface area (Å²) in [7, 11) is 1.84. The van der Waals surface area contributed by atoms with Gasteiger partial charge in [-0.25, -0.2) is 5.48 Å². The summed E-state index contributed by atoms with van der Waals surface area (Å²) in [6.45, 7) is 0. The molecule has 3 heterocycles. The smallest absolute Gasteiger partial charge is 0.268 e. The lowest BCUT2D eigenvalue weighted by molar-refractivity contribution is -0.132. The molecule has 0 aliphatic heterocycles. The number of hydroxylamine groups is 1. The highest BCUT2D eigenvalue weighted by atomic mass is 16.5. The second kappa shape index (κ2) is 7.00. The van der Waals surface area contributed by atoms with Gasteiger partial charge in [0.25, 0.3) is 5.91 Å². The van der Waals surface area contributed by atoms with Gasteiger partial charge in [-0.3, -0.25) is 24.3 Å². The van der Waals surface area contributed by atoms with Crippen molar-refractivity contribution in [1.29, 1.82) is 0 Å². The maximum absolute atomic E-state index is 12.4. The van der Waals surface area contributed by atoms with Crippen LogP contribution in [0.1, 0.15) is 11.6 Å². The van der Waals surface area contributed by atoms with Crippen molar-refractivity contribution in [2.75, 3.05) is 0 Å². The minimum Gasteiger partial charge on any atom is -0.289 e. The number of benzene rings is 1. The van der Waals surface area contributed by atoms with E-state index in [9.17, 15) is 10.0 Å². The third-order valence-corrected chi connectivity index (χ3v) is 4.57. The quantitative estimate of drug-likeness (QED) is 0.419. The van der Waals surface area contributed by atoms with Crippen molar-refractivity contribution in [3.05, 3.63) is 66.6 Å². The number of amides is 1. The normalized spacial score (nSPS) is 12.2. The topological polar surface area (TPSA) is 97.9 Å². The molecule has 1 amide bonds. The molecule has 0 bridgehead atoms. The molecule has 136 valence electrons. The number of nitrogens with zero attached hydrogens (tertiary/aromatic N) is 5. The van der Waals surface area contributed by atoms with Crippen LogP contribution in [0.5, 0.6) is 0 Å². The number of nitrogens with one attached hydrogen (secondary N) is 1. The number of carbonyl (C=O) groups excluding carboxylic acids is 1. The van der Waals surface area contributed by atoms with E-state index in [2.05, 4.69) is 15.2 Å². The van der Waals surface area contributed by atoms with Crippen LogP contribution in [0.2, 0.25) is 0 Å². The van der Waals surface area contributed by atoms with Crippen molar-refractivity contribution < 1.29 is 10.0 Å². The van der Waals surface area contributed by atoms with E-state index >= 15 is 0 Å². The number of fused-ring (bicyclic) bond motifs is 1. The van der Waals surface area contributed by atoms with E-state index in [4.69, 9.17) is 0 Å². The first kappa shape index (κ1) is 16.9.